The number of benzene rings is 1. The molecule has 0 aliphatic carbocycles. The number of hydrogen-bond acceptors (Lipinski definition) is 5. The van der Waals surface area contributed by atoms with Crippen LogP contribution in [0.15, 0.2) is 27.5 Å². The average molecular weight is 328 g/mol. The van der Waals surface area contributed by atoms with Gasteiger partial charge in [0.1, 0.15) is 10.6 Å². The van der Waals surface area contributed by atoms with Crippen molar-refractivity contribution in [1.82, 2.24) is 0 Å². The molecular weight excluding hydrogens is 308 g/mol. The first-order chi connectivity index (χ1) is 10.1. The Morgan fingerprint density at radius 2 is 2.10 bits per heavy atom. The van der Waals surface area contributed by atoms with Gasteiger partial charge in [0.15, 0.2) is 5.17 Å². The van der Waals surface area contributed by atoms with Crippen molar-refractivity contribution in [3.8, 4) is 5.75 Å². The fourth-order valence-electron chi connectivity index (χ4n) is 1.80. The fraction of sp³-hybridized carbons (Fsp3) is 0.500. The molecule has 0 saturated carbocycles. The van der Waals surface area contributed by atoms with Crippen LogP contribution in [0, 0.1) is 0 Å². The van der Waals surface area contributed by atoms with Crippen LogP contribution in [0.5, 0.6) is 5.75 Å². The number of sulfonamides is 1. The molecule has 0 unspecified atom stereocenters. The van der Waals surface area contributed by atoms with Gasteiger partial charge in [0, 0.05) is 11.8 Å². The van der Waals surface area contributed by atoms with Crippen molar-refractivity contribution in [2.45, 2.75) is 38.0 Å². The molecule has 5 nitrogen and oxygen atoms in total. The topological polar surface area (TPSA) is 67.8 Å². The van der Waals surface area contributed by atoms with Gasteiger partial charge in [-0.2, -0.15) is 8.42 Å². The molecule has 0 aromatic heterocycles. The summed E-state index contributed by atoms with van der Waals surface area (Å²) >= 11 is 1.41. The summed E-state index contributed by atoms with van der Waals surface area (Å²) in [5.41, 5.74) is 0.562. The highest BCUT2D eigenvalue weighted by atomic mass is 32.2. The Bertz CT molecular complexity index is 627. The zero-order valence-corrected chi connectivity index (χ0v) is 13.9. The van der Waals surface area contributed by atoms with Crippen molar-refractivity contribution in [2.75, 3.05) is 17.7 Å². The Morgan fingerprint density at radius 1 is 1.29 bits per heavy atom. The first-order valence-electron chi connectivity index (χ1n) is 7.08. The molecule has 1 heterocycles. The molecule has 1 N–H and O–H groups in total. The average Bonchev–Trinajstić information content (AvgIpc) is 2.45. The lowest BCUT2D eigenvalue weighted by Crippen LogP contribution is -2.19. The van der Waals surface area contributed by atoms with Crippen molar-refractivity contribution in [2.24, 2.45) is 4.40 Å². The zero-order chi connectivity index (χ0) is 15.3. The number of anilines is 1. The molecule has 1 aromatic rings. The molecule has 1 aliphatic heterocycles. The third-order valence-corrected chi connectivity index (χ3v) is 5.40. The first kappa shape index (κ1) is 16.2. The summed E-state index contributed by atoms with van der Waals surface area (Å²) in [6, 6.07) is 5.05. The molecule has 1 aromatic carbocycles. The second kappa shape index (κ2) is 7.17. The molecule has 0 bridgehead atoms. The number of amidine groups is 1. The van der Waals surface area contributed by atoms with Crippen LogP contribution < -0.4 is 10.1 Å². The van der Waals surface area contributed by atoms with Crippen LogP contribution in [0.3, 0.4) is 0 Å². The Hall–Kier alpha value is -1.21. The maximum Gasteiger partial charge on any atom is 0.286 e. The molecule has 0 amide bonds. The Balaban J connectivity index is 2.20. The molecular formula is C14H20N2O3S2. The van der Waals surface area contributed by atoms with Gasteiger partial charge in [0.25, 0.3) is 10.0 Å². The van der Waals surface area contributed by atoms with Gasteiger partial charge in [-0.05, 0) is 25.0 Å². The second-order valence-corrected chi connectivity index (χ2v) is 7.36. The van der Waals surface area contributed by atoms with E-state index in [1.54, 1.807) is 12.1 Å². The second-order valence-electron chi connectivity index (χ2n) is 4.70. The largest absolute Gasteiger partial charge is 0.494 e. The lowest BCUT2D eigenvalue weighted by Gasteiger charge is -2.18. The van der Waals surface area contributed by atoms with Crippen LogP contribution in [-0.4, -0.2) is 25.9 Å². The van der Waals surface area contributed by atoms with Gasteiger partial charge in [-0.3, -0.25) is 0 Å². The highest BCUT2D eigenvalue weighted by molar-refractivity contribution is 8.14. The van der Waals surface area contributed by atoms with Crippen molar-refractivity contribution >= 4 is 32.6 Å². The van der Waals surface area contributed by atoms with E-state index in [1.165, 1.54) is 17.8 Å². The SMILES string of the molecule is CCCCOc1ccc2c(c1)S(=O)(=O)N=C(SCCC)N2. The van der Waals surface area contributed by atoms with Crippen LogP contribution in [0.1, 0.15) is 33.1 Å². The van der Waals surface area contributed by atoms with E-state index in [-0.39, 0.29) is 4.90 Å². The van der Waals surface area contributed by atoms with Crippen molar-refractivity contribution < 1.29 is 13.2 Å². The van der Waals surface area contributed by atoms with E-state index in [0.29, 0.717) is 23.2 Å². The predicted octanol–water partition coefficient (Wildman–Crippen LogP) is 3.48. The smallest absolute Gasteiger partial charge is 0.286 e. The third kappa shape index (κ3) is 4.14. The molecule has 0 fully saturated rings. The molecule has 7 heteroatoms. The zero-order valence-electron chi connectivity index (χ0n) is 12.3. The van der Waals surface area contributed by atoms with E-state index in [0.717, 1.165) is 25.0 Å². The molecule has 0 atom stereocenters. The van der Waals surface area contributed by atoms with Crippen LogP contribution >= 0.6 is 11.8 Å². The quantitative estimate of drug-likeness (QED) is 0.810. The standard InChI is InChI=1S/C14H20N2O3S2/c1-3-5-8-19-11-6-7-12-13(10-11)21(17,18)16-14(15-12)20-9-4-2/h6-7,10H,3-5,8-9H2,1-2H3,(H,15,16). The Kier molecular flexibility index (Phi) is 5.52. The highest BCUT2D eigenvalue weighted by Gasteiger charge is 2.25. The van der Waals surface area contributed by atoms with Gasteiger partial charge >= 0.3 is 0 Å². The van der Waals surface area contributed by atoms with E-state index >= 15 is 0 Å². The summed E-state index contributed by atoms with van der Waals surface area (Å²) < 4.78 is 33.8. The summed E-state index contributed by atoms with van der Waals surface area (Å²) in [4.78, 5) is 0.178. The van der Waals surface area contributed by atoms with E-state index in [4.69, 9.17) is 4.74 Å². The lowest BCUT2D eigenvalue weighted by atomic mass is 10.3. The Labute approximate surface area is 130 Å². The minimum Gasteiger partial charge on any atom is -0.494 e. The molecule has 0 saturated heterocycles. The normalized spacial score (nSPS) is 15.8. The third-order valence-electron chi connectivity index (χ3n) is 2.89. The van der Waals surface area contributed by atoms with Gasteiger partial charge in [-0.1, -0.05) is 32.0 Å². The van der Waals surface area contributed by atoms with Crippen LogP contribution in [0.2, 0.25) is 0 Å². The molecule has 2 rings (SSSR count). The van der Waals surface area contributed by atoms with Crippen molar-refractivity contribution in [3.63, 3.8) is 0 Å². The van der Waals surface area contributed by atoms with E-state index in [1.807, 2.05) is 6.92 Å². The predicted molar refractivity (Wildman–Crippen MR) is 87.8 cm³/mol. The van der Waals surface area contributed by atoms with Gasteiger partial charge < -0.3 is 10.1 Å². The summed E-state index contributed by atoms with van der Waals surface area (Å²) in [6.07, 6.45) is 2.94. The van der Waals surface area contributed by atoms with Gasteiger partial charge in [-0.15, -0.1) is 4.40 Å². The van der Waals surface area contributed by atoms with Crippen molar-refractivity contribution in [1.29, 1.82) is 0 Å². The first-order valence-corrected chi connectivity index (χ1v) is 9.51. The summed E-state index contributed by atoms with van der Waals surface area (Å²) in [7, 11) is -3.65. The number of unbranched alkanes of at least 4 members (excludes halogenated alkanes) is 1. The van der Waals surface area contributed by atoms with Gasteiger partial charge in [0.05, 0.1) is 12.3 Å². The molecule has 116 valence electrons. The number of ether oxygens (including phenoxy) is 1. The highest BCUT2D eigenvalue weighted by Crippen LogP contribution is 2.32. The molecule has 0 spiro atoms. The van der Waals surface area contributed by atoms with E-state index < -0.39 is 10.0 Å². The van der Waals surface area contributed by atoms with Crippen LogP contribution in [-0.2, 0) is 10.0 Å². The van der Waals surface area contributed by atoms with E-state index in [9.17, 15) is 8.42 Å². The number of rotatable bonds is 6. The monoisotopic (exact) mass is 328 g/mol. The molecule has 1 aliphatic rings. The number of hydrogen-bond donors (Lipinski definition) is 1. The number of thioether (sulfide) groups is 1. The number of fused-ring (bicyclic) bond motifs is 1. The maximum atomic E-state index is 12.2. The lowest BCUT2D eigenvalue weighted by molar-refractivity contribution is 0.308. The summed E-state index contributed by atoms with van der Waals surface area (Å²) in [5, 5.41) is 3.49. The van der Waals surface area contributed by atoms with Crippen molar-refractivity contribution in [3.05, 3.63) is 18.2 Å². The summed E-state index contributed by atoms with van der Waals surface area (Å²) in [5.74, 6) is 1.39. The number of nitrogens with one attached hydrogen (secondary N) is 1. The van der Waals surface area contributed by atoms with Crippen LogP contribution in [0.4, 0.5) is 5.69 Å². The molecule has 21 heavy (non-hydrogen) atoms. The maximum absolute atomic E-state index is 12.2. The fourth-order valence-corrected chi connectivity index (χ4v) is 3.91. The molecule has 0 radical (unpaired) electrons. The van der Waals surface area contributed by atoms with Gasteiger partial charge in [0.2, 0.25) is 0 Å². The van der Waals surface area contributed by atoms with Crippen LogP contribution in [0.25, 0.3) is 0 Å². The van der Waals surface area contributed by atoms with E-state index in [2.05, 4.69) is 16.6 Å². The number of nitrogens with zero attached hydrogens (tertiary/aromatic N) is 1. The Morgan fingerprint density at radius 3 is 2.81 bits per heavy atom. The summed E-state index contributed by atoms with van der Waals surface area (Å²) in [6.45, 7) is 4.71. The minimum atomic E-state index is -3.65. The van der Waals surface area contributed by atoms with Gasteiger partial charge in [-0.25, -0.2) is 0 Å². The minimum absolute atomic E-state index is 0.178.